The Morgan fingerprint density at radius 2 is 1.94 bits per heavy atom. The highest BCUT2D eigenvalue weighted by Crippen LogP contribution is 2.38. The van der Waals surface area contributed by atoms with Crippen molar-refractivity contribution < 1.29 is 28.6 Å². The van der Waals surface area contributed by atoms with E-state index in [2.05, 4.69) is 4.99 Å². The van der Waals surface area contributed by atoms with Gasteiger partial charge in [0.25, 0.3) is 5.91 Å². The van der Waals surface area contributed by atoms with Gasteiger partial charge in [0.15, 0.2) is 16.7 Å². The van der Waals surface area contributed by atoms with Gasteiger partial charge >= 0.3 is 5.97 Å². The number of fused-ring (bicyclic) bond motifs is 1. The molecule has 1 saturated heterocycles. The summed E-state index contributed by atoms with van der Waals surface area (Å²) in [5.74, 6) is 1.24. The summed E-state index contributed by atoms with van der Waals surface area (Å²) in [6, 6.07) is 13.8. The minimum atomic E-state index is -0.978. The molecule has 0 unspecified atom stereocenters. The van der Waals surface area contributed by atoms with Gasteiger partial charge in [-0.25, -0.2) is 9.79 Å². The largest absolute Gasteiger partial charge is 0.478 e. The molecule has 1 fully saturated rings. The molecule has 2 aliphatic heterocycles. The maximum atomic E-state index is 12.7. The highest BCUT2D eigenvalue weighted by Gasteiger charge is 2.31. The zero-order chi connectivity index (χ0) is 23.1. The number of aryl methyl sites for hydroxylation is 1. The molecule has 0 radical (unpaired) electrons. The van der Waals surface area contributed by atoms with Gasteiger partial charge in [0.1, 0.15) is 11.5 Å². The Kier molecular flexibility index (Phi) is 5.18. The molecule has 3 aromatic rings. The molecular weight excluding hydrogens is 444 g/mol. The van der Waals surface area contributed by atoms with E-state index in [0.29, 0.717) is 38.8 Å². The van der Waals surface area contributed by atoms with Crippen LogP contribution in [0.2, 0.25) is 0 Å². The van der Waals surface area contributed by atoms with Crippen LogP contribution in [0.25, 0.3) is 17.4 Å². The molecule has 5 rings (SSSR count). The second kappa shape index (κ2) is 8.18. The lowest BCUT2D eigenvalue weighted by Gasteiger charge is -2.07. The van der Waals surface area contributed by atoms with Crippen molar-refractivity contribution in [2.75, 3.05) is 13.8 Å². The van der Waals surface area contributed by atoms with E-state index in [1.54, 1.807) is 55.6 Å². The molecule has 8 nitrogen and oxygen atoms in total. The molecule has 0 saturated carbocycles. The number of likely N-dealkylation sites (N-methyl/N-ethyl adjacent to an activating group) is 1. The van der Waals surface area contributed by atoms with Crippen LogP contribution in [0.3, 0.4) is 0 Å². The Balaban J connectivity index is 1.39. The van der Waals surface area contributed by atoms with Crippen molar-refractivity contribution in [3.63, 3.8) is 0 Å². The number of hydrogen-bond acceptors (Lipinski definition) is 7. The number of aromatic carboxylic acids is 1. The maximum Gasteiger partial charge on any atom is 0.335 e. The van der Waals surface area contributed by atoms with Crippen molar-refractivity contribution in [1.82, 2.24) is 4.90 Å². The summed E-state index contributed by atoms with van der Waals surface area (Å²) < 4.78 is 16.6. The van der Waals surface area contributed by atoms with Crippen LogP contribution in [0, 0.1) is 6.92 Å². The fourth-order valence-corrected chi connectivity index (χ4v) is 4.46. The number of rotatable bonds is 4. The van der Waals surface area contributed by atoms with Crippen LogP contribution in [0.1, 0.15) is 21.7 Å². The SMILES string of the molecule is Cc1cc(C(=O)O)ccc1-c1ccc(/C=C2\SC(=Nc3ccc4c(c3)OCO4)N(C)C2=O)o1. The molecular formula is C24H18N2O6S. The Morgan fingerprint density at radius 1 is 1.12 bits per heavy atom. The van der Waals surface area contributed by atoms with Gasteiger partial charge in [-0.3, -0.25) is 9.69 Å². The number of carbonyl (C=O) groups excluding carboxylic acids is 1. The van der Waals surface area contributed by atoms with Gasteiger partial charge in [-0.15, -0.1) is 0 Å². The number of aliphatic imine (C=N–C) groups is 1. The summed E-state index contributed by atoms with van der Waals surface area (Å²) in [6.07, 6.45) is 1.68. The van der Waals surface area contributed by atoms with E-state index >= 15 is 0 Å². The topological polar surface area (TPSA) is 102 Å². The smallest absolute Gasteiger partial charge is 0.335 e. The van der Waals surface area contributed by atoms with E-state index in [4.69, 9.17) is 19.0 Å². The van der Waals surface area contributed by atoms with E-state index in [0.717, 1.165) is 11.1 Å². The predicted octanol–water partition coefficient (Wildman–Crippen LogP) is 4.92. The van der Waals surface area contributed by atoms with E-state index < -0.39 is 5.97 Å². The first kappa shape index (κ1) is 20.9. The summed E-state index contributed by atoms with van der Waals surface area (Å²) in [5, 5.41) is 9.68. The molecule has 1 aromatic heterocycles. The number of nitrogens with zero attached hydrogens (tertiary/aromatic N) is 2. The fraction of sp³-hybridized carbons (Fsp3) is 0.125. The van der Waals surface area contributed by atoms with Gasteiger partial charge in [-0.2, -0.15) is 0 Å². The number of carbonyl (C=O) groups is 2. The van der Waals surface area contributed by atoms with Crippen molar-refractivity contribution in [2.45, 2.75) is 6.92 Å². The summed E-state index contributed by atoms with van der Waals surface area (Å²) in [7, 11) is 1.67. The third kappa shape index (κ3) is 3.98. The molecule has 0 atom stereocenters. The van der Waals surface area contributed by atoms with Gasteiger partial charge in [-0.1, -0.05) is 6.07 Å². The van der Waals surface area contributed by atoms with Gasteiger partial charge < -0.3 is 19.0 Å². The Bertz CT molecular complexity index is 1360. The van der Waals surface area contributed by atoms with Crippen LogP contribution in [0.5, 0.6) is 11.5 Å². The molecule has 2 aliphatic rings. The number of amidine groups is 1. The Morgan fingerprint density at radius 3 is 2.73 bits per heavy atom. The lowest BCUT2D eigenvalue weighted by atomic mass is 10.0. The van der Waals surface area contributed by atoms with Gasteiger partial charge in [0, 0.05) is 24.8 Å². The summed E-state index contributed by atoms with van der Waals surface area (Å²) in [6.45, 7) is 2.01. The minimum Gasteiger partial charge on any atom is -0.478 e. The van der Waals surface area contributed by atoms with Crippen molar-refractivity contribution in [1.29, 1.82) is 0 Å². The van der Waals surface area contributed by atoms with Crippen molar-refractivity contribution in [3.05, 3.63) is 70.3 Å². The number of ether oxygens (including phenoxy) is 2. The van der Waals surface area contributed by atoms with Crippen LogP contribution in [0.4, 0.5) is 5.69 Å². The van der Waals surface area contributed by atoms with Gasteiger partial charge in [-0.05, 0) is 60.6 Å². The van der Waals surface area contributed by atoms with Crippen molar-refractivity contribution in [3.8, 4) is 22.8 Å². The fourth-order valence-electron chi connectivity index (χ4n) is 3.49. The van der Waals surface area contributed by atoms with E-state index in [-0.39, 0.29) is 18.3 Å². The zero-order valence-electron chi connectivity index (χ0n) is 17.7. The second-order valence-electron chi connectivity index (χ2n) is 7.44. The minimum absolute atomic E-state index is 0.181. The Hall–Kier alpha value is -3.98. The zero-order valence-corrected chi connectivity index (χ0v) is 18.5. The normalized spacial score (nSPS) is 17.4. The molecule has 9 heteroatoms. The molecule has 33 heavy (non-hydrogen) atoms. The highest BCUT2D eigenvalue weighted by molar-refractivity contribution is 8.18. The number of furan rings is 1. The average molecular weight is 462 g/mol. The van der Waals surface area contributed by atoms with Crippen LogP contribution in [0.15, 0.2) is 62.8 Å². The number of thioether (sulfide) groups is 1. The Labute approximate surface area is 193 Å². The molecule has 1 N–H and O–H groups in total. The number of carboxylic acid groups (broad SMARTS) is 1. The molecule has 1 amide bonds. The number of hydrogen-bond donors (Lipinski definition) is 1. The molecule has 2 aromatic carbocycles. The van der Waals surface area contributed by atoms with Crippen LogP contribution >= 0.6 is 11.8 Å². The summed E-state index contributed by atoms with van der Waals surface area (Å²) in [5.41, 5.74) is 2.45. The third-order valence-electron chi connectivity index (χ3n) is 5.22. The first-order valence-electron chi connectivity index (χ1n) is 9.99. The predicted molar refractivity (Wildman–Crippen MR) is 124 cm³/mol. The van der Waals surface area contributed by atoms with Crippen LogP contribution < -0.4 is 9.47 Å². The lowest BCUT2D eigenvalue weighted by molar-refractivity contribution is -0.121. The van der Waals surface area contributed by atoms with Gasteiger partial charge in [0.05, 0.1) is 16.2 Å². The first-order valence-corrected chi connectivity index (χ1v) is 10.8. The number of benzene rings is 2. The van der Waals surface area contributed by atoms with E-state index in [9.17, 15) is 9.59 Å². The average Bonchev–Trinajstić information content (AvgIpc) is 3.51. The van der Waals surface area contributed by atoms with E-state index in [1.165, 1.54) is 22.7 Å². The lowest BCUT2D eigenvalue weighted by Crippen LogP contribution is -2.23. The molecule has 166 valence electrons. The maximum absolute atomic E-state index is 12.7. The van der Waals surface area contributed by atoms with Crippen LogP contribution in [-0.4, -0.2) is 40.9 Å². The monoisotopic (exact) mass is 462 g/mol. The summed E-state index contributed by atoms with van der Waals surface area (Å²) >= 11 is 1.25. The number of carboxylic acids is 1. The second-order valence-corrected chi connectivity index (χ2v) is 8.45. The molecule has 3 heterocycles. The first-order chi connectivity index (χ1) is 15.9. The molecule has 0 spiro atoms. The van der Waals surface area contributed by atoms with Crippen LogP contribution in [-0.2, 0) is 4.79 Å². The standard InChI is InChI=1S/C24H18N2O6S/c1-13-9-14(23(28)29)3-6-17(13)18-8-5-16(32-18)11-21-22(27)26(2)24(33-21)25-15-4-7-19-20(10-15)31-12-30-19/h3-11H,12H2,1-2H3,(H,28,29)/b21-11-,25-24?. The molecule has 0 bridgehead atoms. The number of amides is 1. The summed E-state index contributed by atoms with van der Waals surface area (Å²) in [4.78, 5) is 30.4. The van der Waals surface area contributed by atoms with E-state index in [1.807, 2.05) is 6.92 Å². The third-order valence-corrected chi connectivity index (χ3v) is 6.28. The highest BCUT2D eigenvalue weighted by atomic mass is 32.2. The quantitative estimate of drug-likeness (QED) is 0.549. The van der Waals surface area contributed by atoms with Crippen molar-refractivity contribution in [2.24, 2.45) is 4.99 Å². The van der Waals surface area contributed by atoms with Gasteiger partial charge in [0.2, 0.25) is 6.79 Å². The van der Waals surface area contributed by atoms with Crippen molar-refractivity contribution >= 4 is 40.6 Å². The molecule has 0 aliphatic carbocycles.